The zero-order valence-corrected chi connectivity index (χ0v) is 16.0. The molecule has 2 aromatic rings. The van der Waals surface area contributed by atoms with Crippen LogP contribution in [0, 0.1) is 0 Å². The van der Waals surface area contributed by atoms with E-state index in [0.29, 0.717) is 21.4 Å². The number of halogens is 2. The first kappa shape index (κ1) is 17.3. The van der Waals surface area contributed by atoms with Gasteiger partial charge in [-0.05, 0) is 65.8 Å². The van der Waals surface area contributed by atoms with E-state index < -0.39 is 0 Å². The third-order valence-corrected chi connectivity index (χ3v) is 5.56. The third kappa shape index (κ3) is 3.31. The molecule has 0 aliphatic carbocycles. The smallest absolute Gasteiger partial charge is 0.293 e. The number of thioether (sulfide) groups is 1. The molecule has 1 saturated heterocycles. The van der Waals surface area contributed by atoms with Crippen LogP contribution in [-0.4, -0.2) is 22.1 Å². The number of amides is 2. The Kier molecular flexibility index (Phi) is 4.90. The zero-order valence-electron chi connectivity index (χ0n) is 12.9. The molecule has 1 fully saturated rings. The van der Waals surface area contributed by atoms with Crippen LogP contribution >= 0.6 is 39.3 Å². The summed E-state index contributed by atoms with van der Waals surface area (Å²) in [5.41, 5.74) is 0.832. The third-order valence-electron chi connectivity index (χ3n) is 3.44. The van der Waals surface area contributed by atoms with E-state index >= 15 is 0 Å². The number of hydrogen-bond donors (Lipinski definition) is 0. The van der Waals surface area contributed by atoms with E-state index in [1.165, 1.54) is 4.90 Å². The minimum atomic E-state index is -0.287. The zero-order chi connectivity index (χ0) is 17.4. The maximum atomic E-state index is 12.3. The maximum absolute atomic E-state index is 12.3. The summed E-state index contributed by atoms with van der Waals surface area (Å²) in [5.74, 6) is 0.863. The molecule has 3 rings (SSSR count). The summed E-state index contributed by atoms with van der Waals surface area (Å²) in [4.78, 5) is 25.8. The van der Waals surface area contributed by atoms with Gasteiger partial charge in [0.25, 0.3) is 11.1 Å². The van der Waals surface area contributed by atoms with Gasteiger partial charge in [-0.25, -0.2) is 0 Å². The fourth-order valence-corrected chi connectivity index (χ4v) is 3.66. The van der Waals surface area contributed by atoms with Crippen molar-refractivity contribution in [3.63, 3.8) is 0 Å². The fourth-order valence-electron chi connectivity index (χ4n) is 2.29. The summed E-state index contributed by atoms with van der Waals surface area (Å²) in [6.45, 7) is 3.61. The van der Waals surface area contributed by atoms with Crippen LogP contribution in [0.3, 0.4) is 0 Å². The number of hydrogen-bond acceptors (Lipinski definition) is 4. The fraction of sp³-hybridized carbons (Fsp3) is 0.176. The van der Waals surface area contributed by atoms with Gasteiger partial charge in [0.1, 0.15) is 11.5 Å². The molecule has 124 valence electrons. The molecule has 0 unspecified atom stereocenters. The maximum Gasteiger partial charge on any atom is 0.293 e. The van der Waals surface area contributed by atoms with Crippen molar-refractivity contribution in [1.82, 2.24) is 4.90 Å². The van der Waals surface area contributed by atoms with Gasteiger partial charge in [-0.3, -0.25) is 14.5 Å². The Morgan fingerprint density at radius 2 is 2.00 bits per heavy atom. The van der Waals surface area contributed by atoms with Crippen molar-refractivity contribution < 1.29 is 14.0 Å². The highest BCUT2D eigenvalue weighted by Gasteiger charge is 2.36. The average molecular weight is 427 g/mol. The largest absolute Gasteiger partial charge is 0.457 e. The molecule has 1 aromatic heterocycles. The molecule has 2 amide bonds. The van der Waals surface area contributed by atoms with Crippen LogP contribution in [0.25, 0.3) is 17.4 Å². The predicted molar refractivity (Wildman–Crippen MR) is 99.8 cm³/mol. The minimum absolute atomic E-state index is 0.166. The highest BCUT2D eigenvalue weighted by atomic mass is 79.9. The molecule has 4 nitrogen and oxygen atoms in total. The second kappa shape index (κ2) is 6.78. The van der Waals surface area contributed by atoms with Crippen LogP contribution in [0.15, 0.2) is 44.1 Å². The molecule has 0 radical (unpaired) electrons. The van der Waals surface area contributed by atoms with E-state index in [1.807, 2.05) is 26.0 Å². The molecule has 0 saturated carbocycles. The van der Waals surface area contributed by atoms with Gasteiger partial charge in [0, 0.05) is 22.2 Å². The van der Waals surface area contributed by atoms with E-state index in [0.717, 1.165) is 21.8 Å². The molecule has 0 N–H and O–H groups in total. The standard InChI is InChI=1S/C17H13BrClNO3S/c1-9(2)20-16(21)15(24-17(20)22)8-11-4-6-14(23-11)10-3-5-12(18)13(19)7-10/h3-9H,1-2H3. The van der Waals surface area contributed by atoms with Crippen LogP contribution in [0.4, 0.5) is 4.79 Å². The summed E-state index contributed by atoms with van der Waals surface area (Å²) in [6.07, 6.45) is 1.59. The lowest BCUT2D eigenvalue weighted by Crippen LogP contribution is -2.34. The summed E-state index contributed by atoms with van der Waals surface area (Å²) in [5, 5.41) is 0.330. The Morgan fingerprint density at radius 1 is 1.25 bits per heavy atom. The number of benzene rings is 1. The topological polar surface area (TPSA) is 50.5 Å². The molecule has 7 heteroatoms. The van der Waals surface area contributed by atoms with Gasteiger partial charge in [-0.15, -0.1) is 0 Å². The van der Waals surface area contributed by atoms with Crippen LogP contribution in [0.1, 0.15) is 19.6 Å². The summed E-state index contributed by atoms with van der Waals surface area (Å²) >= 11 is 10.4. The van der Waals surface area contributed by atoms with E-state index in [-0.39, 0.29) is 17.2 Å². The molecule has 0 spiro atoms. The first-order valence-electron chi connectivity index (χ1n) is 7.19. The van der Waals surface area contributed by atoms with E-state index in [4.69, 9.17) is 16.0 Å². The van der Waals surface area contributed by atoms with Crippen LogP contribution < -0.4 is 0 Å². The number of carbonyl (C=O) groups is 2. The van der Waals surface area contributed by atoms with Crippen molar-refractivity contribution in [3.05, 3.63) is 50.5 Å². The lowest BCUT2D eigenvalue weighted by atomic mass is 10.2. The molecule has 1 aliphatic heterocycles. The van der Waals surface area contributed by atoms with Crippen molar-refractivity contribution >= 4 is 56.5 Å². The number of carbonyl (C=O) groups excluding carboxylic acids is 2. The van der Waals surface area contributed by atoms with Crippen molar-refractivity contribution in [2.24, 2.45) is 0 Å². The monoisotopic (exact) mass is 425 g/mol. The van der Waals surface area contributed by atoms with Gasteiger partial charge in [-0.1, -0.05) is 17.7 Å². The Morgan fingerprint density at radius 3 is 2.62 bits per heavy atom. The lowest BCUT2D eigenvalue weighted by Gasteiger charge is -2.16. The first-order valence-corrected chi connectivity index (χ1v) is 9.18. The number of furan rings is 1. The molecule has 2 heterocycles. The van der Waals surface area contributed by atoms with Gasteiger partial charge in [-0.2, -0.15) is 0 Å². The van der Waals surface area contributed by atoms with Crippen molar-refractivity contribution in [3.8, 4) is 11.3 Å². The van der Waals surface area contributed by atoms with E-state index in [1.54, 1.807) is 24.3 Å². The van der Waals surface area contributed by atoms with Crippen LogP contribution in [0.5, 0.6) is 0 Å². The van der Waals surface area contributed by atoms with E-state index in [2.05, 4.69) is 15.9 Å². The van der Waals surface area contributed by atoms with Crippen molar-refractivity contribution in [1.29, 1.82) is 0 Å². The normalized spacial score (nSPS) is 16.7. The number of imide groups is 1. The second-order valence-electron chi connectivity index (χ2n) is 5.48. The molecule has 24 heavy (non-hydrogen) atoms. The Labute approximate surface area is 157 Å². The predicted octanol–water partition coefficient (Wildman–Crippen LogP) is 5.81. The minimum Gasteiger partial charge on any atom is -0.457 e. The highest BCUT2D eigenvalue weighted by molar-refractivity contribution is 9.10. The Balaban J connectivity index is 1.87. The van der Waals surface area contributed by atoms with E-state index in [9.17, 15) is 9.59 Å². The van der Waals surface area contributed by atoms with Gasteiger partial charge in [0.15, 0.2) is 0 Å². The SMILES string of the molecule is CC(C)N1C(=O)SC(=Cc2ccc(-c3ccc(Br)c(Cl)c3)o2)C1=O. The van der Waals surface area contributed by atoms with Gasteiger partial charge < -0.3 is 4.42 Å². The Bertz CT molecular complexity index is 859. The molecule has 1 aromatic carbocycles. The molecular formula is C17H13BrClNO3S. The highest BCUT2D eigenvalue weighted by Crippen LogP contribution is 2.35. The van der Waals surface area contributed by atoms with Crippen LogP contribution in [0.2, 0.25) is 5.02 Å². The van der Waals surface area contributed by atoms with Gasteiger partial charge >= 0.3 is 0 Å². The van der Waals surface area contributed by atoms with Gasteiger partial charge in [0.05, 0.1) is 9.93 Å². The molecular weight excluding hydrogens is 414 g/mol. The summed E-state index contributed by atoms with van der Waals surface area (Å²) in [6, 6.07) is 8.91. The molecule has 0 atom stereocenters. The average Bonchev–Trinajstić information content (AvgIpc) is 3.07. The first-order chi connectivity index (χ1) is 11.4. The molecule has 0 bridgehead atoms. The Hall–Kier alpha value is -1.50. The number of rotatable bonds is 3. The van der Waals surface area contributed by atoms with Crippen molar-refractivity contribution in [2.45, 2.75) is 19.9 Å². The molecule has 1 aliphatic rings. The van der Waals surface area contributed by atoms with Crippen molar-refractivity contribution in [2.75, 3.05) is 0 Å². The second-order valence-corrected chi connectivity index (χ2v) is 7.73. The lowest BCUT2D eigenvalue weighted by molar-refractivity contribution is -0.123. The number of nitrogens with zero attached hydrogens (tertiary/aromatic N) is 1. The summed E-state index contributed by atoms with van der Waals surface area (Å²) in [7, 11) is 0. The quantitative estimate of drug-likeness (QED) is 0.581. The summed E-state index contributed by atoms with van der Waals surface area (Å²) < 4.78 is 6.57. The van der Waals surface area contributed by atoms with Crippen LogP contribution in [-0.2, 0) is 4.79 Å². The van der Waals surface area contributed by atoms with Gasteiger partial charge in [0.2, 0.25) is 0 Å².